The lowest BCUT2D eigenvalue weighted by Gasteiger charge is -2.32. The summed E-state index contributed by atoms with van der Waals surface area (Å²) in [6.07, 6.45) is 2.38. The number of rotatable bonds is 5. The molecule has 1 heterocycles. The van der Waals surface area contributed by atoms with Crippen LogP contribution in [0.1, 0.15) is 39.2 Å². The summed E-state index contributed by atoms with van der Waals surface area (Å²) >= 11 is 0. The summed E-state index contributed by atoms with van der Waals surface area (Å²) in [7, 11) is 3.30. The molecule has 1 aliphatic rings. The second kappa shape index (κ2) is 7.77. The molecule has 0 amide bonds. The molecule has 0 aromatic heterocycles. The first-order valence-electron chi connectivity index (χ1n) is 8.64. The first kappa shape index (κ1) is 18.4. The van der Waals surface area contributed by atoms with E-state index in [0.29, 0.717) is 12.5 Å². The molecule has 5 nitrogen and oxygen atoms in total. The van der Waals surface area contributed by atoms with Crippen molar-refractivity contribution in [2.45, 2.75) is 39.0 Å². The Bertz CT molecular complexity index is 576. The molecule has 0 bridgehead atoms. The van der Waals surface area contributed by atoms with Crippen molar-refractivity contribution in [3.05, 3.63) is 23.8 Å². The molecule has 1 saturated heterocycles. The first-order valence-corrected chi connectivity index (χ1v) is 8.64. The van der Waals surface area contributed by atoms with Gasteiger partial charge in [0.25, 0.3) is 0 Å². The summed E-state index contributed by atoms with van der Waals surface area (Å²) in [5.74, 6) is 2.93. The molecule has 0 spiro atoms. The largest absolute Gasteiger partial charge is 0.493 e. The van der Waals surface area contributed by atoms with Crippen LogP contribution in [0.2, 0.25) is 0 Å². The SMILES string of the molecule is COc1ccc(C(C)(C)CN=C(N)N2CCC(C)CC2)cc1OC. The molecule has 0 aliphatic carbocycles. The smallest absolute Gasteiger partial charge is 0.191 e. The Hall–Kier alpha value is -1.91. The second-order valence-electron chi connectivity index (χ2n) is 7.30. The molecule has 0 unspecified atom stereocenters. The van der Waals surface area contributed by atoms with Crippen molar-refractivity contribution in [3.63, 3.8) is 0 Å². The van der Waals surface area contributed by atoms with Crippen molar-refractivity contribution in [2.75, 3.05) is 33.9 Å². The van der Waals surface area contributed by atoms with E-state index in [0.717, 1.165) is 36.1 Å². The number of guanidine groups is 1. The summed E-state index contributed by atoms with van der Waals surface area (Å²) in [5.41, 5.74) is 7.24. The number of nitrogens with zero attached hydrogens (tertiary/aromatic N) is 2. The van der Waals surface area contributed by atoms with E-state index >= 15 is 0 Å². The van der Waals surface area contributed by atoms with Gasteiger partial charge in [0.1, 0.15) is 0 Å². The molecule has 24 heavy (non-hydrogen) atoms. The van der Waals surface area contributed by atoms with Crippen LogP contribution in [0.5, 0.6) is 11.5 Å². The molecule has 2 N–H and O–H groups in total. The maximum atomic E-state index is 6.21. The first-order chi connectivity index (χ1) is 11.4. The molecule has 5 heteroatoms. The second-order valence-corrected chi connectivity index (χ2v) is 7.30. The van der Waals surface area contributed by atoms with Crippen molar-refractivity contribution < 1.29 is 9.47 Å². The number of hydrogen-bond donors (Lipinski definition) is 1. The van der Waals surface area contributed by atoms with Gasteiger partial charge in [-0.25, -0.2) is 0 Å². The zero-order valence-electron chi connectivity index (χ0n) is 15.6. The minimum Gasteiger partial charge on any atom is -0.493 e. The van der Waals surface area contributed by atoms with Crippen LogP contribution in [0.4, 0.5) is 0 Å². The highest BCUT2D eigenvalue weighted by atomic mass is 16.5. The van der Waals surface area contributed by atoms with Crippen LogP contribution in [0, 0.1) is 5.92 Å². The van der Waals surface area contributed by atoms with Gasteiger partial charge in [0.2, 0.25) is 0 Å². The van der Waals surface area contributed by atoms with Crippen LogP contribution < -0.4 is 15.2 Å². The van der Waals surface area contributed by atoms with Crippen molar-refractivity contribution in [1.29, 1.82) is 0 Å². The predicted molar refractivity (Wildman–Crippen MR) is 99.0 cm³/mol. The molecule has 134 valence electrons. The predicted octanol–water partition coefficient (Wildman–Crippen LogP) is 3.03. The van der Waals surface area contributed by atoms with E-state index in [2.05, 4.69) is 36.7 Å². The van der Waals surface area contributed by atoms with Crippen LogP contribution in [-0.4, -0.2) is 44.7 Å². The summed E-state index contributed by atoms with van der Waals surface area (Å²) in [5, 5.41) is 0. The number of benzene rings is 1. The van der Waals surface area contributed by atoms with E-state index in [4.69, 9.17) is 15.2 Å². The van der Waals surface area contributed by atoms with Gasteiger partial charge in [-0.05, 0) is 36.5 Å². The molecule has 1 aliphatic heterocycles. The van der Waals surface area contributed by atoms with E-state index in [1.807, 2.05) is 12.1 Å². The molecule has 1 aromatic carbocycles. The molecule has 0 saturated carbocycles. The minimum absolute atomic E-state index is 0.132. The van der Waals surface area contributed by atoms with Crippen LogP contribution in [0.3, 0.4) is 0 Å². The Labute approximate surface area is 145 Å². The summed E-state index contributed by atoms with van der Waals surface area (Å²) < 4.78 is 10.7. The van der Waals surface area contributed by atoms with Crippen molar-refractivity contribution >= 4 is 5.96 Å². The van der Waals surface area contributed by atoms with Gasteiger partial charge in [0, 0.05) is 18.5 Å². The number of ether oxygens (including phenoxy) is 2. The van der Waals surface area contributed by atoms with Crippen LogP contribution >= 0.6 is 0 Å². The average Bonchev–Trinajstić information content (AvgIpc) is 2.59. The summed E-state index contributed by atoms with van der Waals surface area (Å²) in [6, 6.07) is 6.03. The molecule has 0 radical (unpaired) electrons. The Morgan fingerprint density at radius 1 is 1.21 bits per heavy atom. The van der Waals surface area contributed by atoms with Gasteiger partial charge in [0.05, 0.1) is 20.8 Å². The quantitative estimate of drug-likeness (QED) is 0.665. The maximum absolute atomic E-state index is 6.21. The Kier molecular flexibility index (Phi) is 5.97. The van der Waals surface area contributed by atoms with Gasteiger partial charge in [-0.3, -0.25) is 4.99 Å². The Balaban J connectivity index is 2.08. The third-order valence-electron chi connectivity index (χ3n) is 4.91. The monoisotopic (exact) mass is 333 g/mol. The van der Waals surface area contributed by atoms with Gasteiger partial charge < -0.3 is 20.1 Å². The highest BCUT2D eigenvalue weighted by Gasteiger charge is 2.23. The number of aliphatic imine (C=N–C) groups is 1. The van der Waals surface area contributed by atoms with Gasteiger partial charge in [0.15, 0.2) is 17.5 Å². The Morgan fingerprint density at radius 3 is 2.42 bits per heavy atom. The fraction of sp³-hybridized carbons (Fsp3) is 0.632. The maximum Gasteiger partial charge on any atom is 0.191 e. The minimum atomic E-state index is -0.132. The van der Waals surface area contributed by atoms with E-state index in [9.17, 15) is 0 Å². The molecule has 0 atom stereocenters. The standard InChI is InChI=1S/C19H31N3O2/c1-14-8-10-22(11-9-14)18(20)21-13-19(2,3)15-6-7-16(23-4)17(12-15)24-5/h6-7,12,14H,8-11,13H2,1-5H3,(H2,20,21). The molecule has 1 fully saturated rings. The van der Waals surface area contributed by atoms with Crippen molar-refractivity contribution in [2.24, 2.45) is 16.6 Å². The van der Waals surface area contributed by atoms with Crippen LogP contribution in [-0.2, 0) is 5.41 Å². The highest BCUT2D eigenvalue weighted by molar-refractivity contribution is 5.78. The number of nitrogens with two attached hydrogens (primary N) is 1. The lowest BCUT2D eigenvalue weighted by molar-refractivity contribution is 0.277. The van der Waals surface area contributed by atoms with Crippen molar-refractivity contribution in [3.8, 4) is 11.5 Å². The number of piperidine rings is 1. The van der Waals surface area contributed by atoms with Crippen molar-refractivity contribution in [1.82, 2.24) is 4.90 Å². The fourth-order valence-electron chi connectivity index (χ4n) is 2.96. The zero-order valence-corrected chi connectivity index (χ0v) is 15.6. The van der Waals surface area contributed by atoms with E-state index in [-0.39, 0.29) is 5.41 Å². The van der Waals surface area contributed by atoms with Gasteiger partial charge in [-0.1, -0.05) is 26.8 Å². The zero-order chi connectivity index (χ0) is 17.7. The van der Waals surface area contributed by atoms with E-state index < -0.39 is 0 Å². The summed E-state index contributed by atoms with van der Waals surface area (Å²) in [4.78, 5) is 6.87. The fourth-order valence-corrected chi connectivity index (χ4v) is 2.96. The third kappa shape index (κ3) is 4.34. The van der Waals surface area contributed by atoms with Gasteiger partial charge >= 0.3 is 0 Å². The third-order valence-corrected chi connectivity index (χ3v) is 4.91. The molecule has 1 aromatic rings. The number of hydrogen-bond acceptors (Lipinski definition) is 3. The normalized spacial score (nSPS) is 17.0. The summed E-state index contributed by atoms with van der Waals surface area (Å²) in [6.45, 7) is 9.29. The number of likely N-dealkylation sites (tertiary alicyclic amines) is 1. The molecule has 2 rings (SSSR count). The topological polar surface area (TPSA) is 60.1 Å². The van der Waals surface area contributed by atoms with Gasteiger partial charge in [-0.15, -0.1) is 0 Å². The number of methoxy groups -OCH3 is 2. The molecular formula is C19H31N3O2. The molecular weight excluding hydrogens is 302 g/mol. The Morgan fingerprint density at radius 2 is 1.83 bits per heavy atom. The van der Waals surface area contributed by atoms with Crippen LogP contribution in [0.25, 0.3) is 0 Å². The lowest BCUT2D eigenvalue weighted by atomic mass is 9.84. The lowest BCUT2D eigenvalue weighted by Crippen LogP contribution is -2.43. The average molecular weight is 333 g/mol. The van der Waals surface area contributed by atoms with E-state index in [1.165, 1.54) is 12.8 Å². The van der Waals surface area contributed by atoms with Gasteiger partial charge in [-0.2, -0.15) is 0 Å². The van der Waals surface area contributed by atoms with Crippen LogP contribution in [0.15, 0.2) is 23.2 Å². The van der Waals surface area contributed by atoms with E-state index in [1.54, 1.807) is 14.2 Å². The highest BCUT2D eigenvalue weighted by Crippen LogP contribution is 2.33.